The van der Waals surface area contributed by atoms with Crippen LogP contribution in [-0.4, -0.2) is 26.9 Å². The Kier molecular flexibility index (Phi) is 4.23. The average Bonchev–Trinajstić information content (AvgIpc) is 3.03. The fourth-order valence-electron chi connectivity index (χ4n) is 2.45. The molecule has 0 atom stereocenters. The standard InChI is InChI=1S/C16H14N2O3S2/c1-3-18-7-11(15(20)21)14(19)10-5-4-9(6-13(10)18)12-8-23-16(17-12)22-2/h4-8H,3H2,1-2H3,(H,20,21). The third-order valence-electron chi connectivity index (χ3n) is 3.61. The molecule has 0 saturated carbocycles. The maximum Gasteiger partial charge on any atom is 0.341 e. The molecule has 7 heteroatoms. The Balaban J connectivity index is 2.25. The average molecular weight is 346 g/mol. The van der Waals surface area contributed by atoms with E-state index in [9.17, 15) is 14.7 Å². The molecule has 1 aromatic carbocycles. The number of thioether (sulfide) groups is 1. The van der Waals surface area contributed by atoms with E-state index in [0.717, 1.165) is 21.1 Å². The van der Waals surface area contributed by atoms with Crippen molar-refractivity contribution in [1.82, 2.24) is 9.55 Å². The number of rotatable bonds is 4. The minimum Gasteiger partial charge on any atom is -0.477 e. The van der Waals surface area contributed by atoms with Crippen LogP contribution in [0.1, 0.15) is 17.3 Å². The molecule has 3 aromatic rings. The summed E-state index contributed by atoms with van der Waals surface area (Å²) in [7, 11) is 0. The molecule has 0 fully saturated rings. The topological polar surface area (TPSA) is 72.2 Å². The molecule has 2 aromatic heterocycles. The summed E-state index contributed by atoms with van der Waals surface area (Å²) in [5, 5.41) is 11.6. The maximum atomic E-state index is 12.3. The Morgan fingerprint density at radius 3 is 2.83 bits per heavy atom. The van der Waals surface area contributed by atoms with Crippen LogP contribution in [0.25, 0.3) is 22.2 Å². The highest BCUT2D eigenvalue weighted by Gasteiger charge is 2.15. The largest absolute Gasteiger partial charge is 0.477 e. The van der Waals surface area contributed by atoms with Gasteiger partial charge in [-0.1, -0.05) is 17.8 Å². The van der Waals surface area contributed by atoms with Gasteiger partial charge in [-0.2, -0.15) is 0 Å². The summed E-state index contributed by atoms with van der Waals surface area (Å²) >= 11 is 3.16. The lowest BCUT2D eigenvalue weighted by molar-refractivity contribution is 0.0695. The van der Waals surface area contributed by atoms with Crippen molar-refractivity contribution >= 4 is 40.0 Å². The molecule has 0 amide bonds. The number of aromatic carboxylic acids is 1. The van der Waals surface area contributed by atoms with Gasteiger partial charge in [0.2, 0.25) is 5.43 Å². The molecule has 0 saturated heterocycles. The summed E-state index contributed by atoms with van der Waals surface area (Å²) in [5.74, 6) is -1.20. The van der Waals surface area contributed by atoms with E-state index in [2.05, 4.69) is 4.98 Å². The van der Waals surface area contributed by atoms with Gasteiger partial charge in [0.05, 0.1) is 11.2 Å². The fraction of sp³-hybridized carbons (Fsp3) is 0.188. The number of aromatic nitrogens is 2. The lowest BCUT2D eigenvalue weighted by Crippen LogP contribution is -2.18. The smallest absolute Gasteiger partial charge is 0.341 e. The highest BCUT2D eigenvalue weighted by Crippen LogP contribution is 2.28. The second-order valence-corrected chi connectivity index (χ2v) is 6.81. The maximum absolute atomic E-state index is 12.3. The van der Waals surface area contributed by atoms with Gasteiger partial charge in [-0.3, -0.25) is 4.79 Å². The van der Waals surface area contributed by atoms with Crippen LogP contribution in [0.15, 0.2) is 38.9 Å². The van der Waals surface area contributed by atoms with Crippen molar-refractivity contribution in [2.75, 3.05) is 6.26 Å². The first-order valence-corrected chi connectivity index (χ1v) is 9.06. The Labute approximate surface area is 140 Å². The monoisotopic (exact) mass is 346 g/mol. The lowest BCUT2D eigenvalue weighted by Gasteiger charge is -2.11. The molecule has 0 unspecified atom stereocenters. The van der Waals surface area contributed by atoms with Gasteiger partial charge in [-0.05, 0) is 25.3 Å². The third-order valence-corrected chi connectivity index (χ3v) is 5.47. The Morgan fingerprint density at radius 1 is 1.43 bits per heavy atom. The molecule has 23 heavy (non-hydrogen) atoms. The molecular weight excluding hydrogens is 332 g/mol. The molecule has 0 aliphatic rings. The molecule has 3 rings (SSSR count). The fourth-order valence-corrected chi connectivity index (χ4v) is 3.72. The van der Waals surface area contributed by atoms with Crippen LogP contribution >= 0.6 is 23.1 Å². The van der Waals surface area contributed by atoms with Gasteiger partial charge >= 0.3 is 5.97 Å². The van der Waals surface area contributed by atoms with E-state index < -0.39 is 11.4 Å². The molecule has 118 valence electrons. The molecule has 2 heterocycles. The predicted molar refractivity (Wildman–Crippen MR) is 93.7 cm³/mol. The van der Waals surface area contributed by atoms with Crippen LogP contribution in [0, 0.1) is 0 Å². The van der Waals surface area contributed by atoms with Crippen molar-refractivity contribution < 1.29 is 9.90 Å². The summed E-state index contributed by atoms with van der Waals surface area (Å²) in [4.78, 5) is 28.1. The highest BCUT2D eigenvalue weighted by atomic mass is 32.2. The number of benzene rings is 1. The van der Waals surface area contributed by atoms with Crippen molar-refractivity contribution in [2.24, 2.45) is 0 Å². The first-order valence-electron chi connectivity index (χ1n) is 6.95. The van der Waals surface area contributed by atoms with Gasteiger partial charge in [0, 0.05) is 29.1 Å². The predicted octanol–water partition coefficient (Wildman–Crippen LogP) is 3.57. The van der Waals surface area contributed by atoms with E-state index >= 15 is 0 Å². The van der Waals surface area contributed by atoms with Crippen LogP contribution in [0.4, 0.5) is 0 Å². The zero-order chi connectivity index (χ0) is 16.6. The quantitative estimate of drug-likeness (QED) is 0.731. The second-order valence-electron chi connectivity index (χ2n) is 4.90. The number of fused-ring (bicyclic) bond motifs is 1. The van der Waals surface area contributed by atoms with Crippen LogP contribution in [-0.2, 0) is 6.54 Å². The molecule has 5 nitrogen and oxygen atoms in total. The van der Waals surface area contributed by atoms with E-state index in [1.165, 1.54) is 6.20 Å². The minimum absolute atomic E-state index is 0.203. The van der Waals surface area contributed by atoms with Gasteiger partial charge in [-0.25, -0.2) is 9.78 Å². The normalized spacial score (nSPS) is 11.0. The molecule has 0 bridgehead atoms. The second kappa shape index (κ2) is 6.17. The number of hydrogen-bond acceptors (Lipinski definition) is 5. The number of nitrogens with zero attached hydrogens (tertiary/aromatic N) is 2. The Morgan fingerprint density at radius 2 is 2.22 bits per heavy atom. The number of carboxylic acid groups (broad SMARTS) is 1. The molecule has 0 radical (unpaired) electrons. The number of carbonyl (C=O) groups is 1. The van der Waals surface area contributed by atoms with Crippen LogP contribution < -0.4 is 5.43 Å². The van der Waals surface area contributed by atoms with Gasteiger partial charge in [0.1, 0.15) is 9.90 Å². The van der Waals surface area contributed by atoms with Crippen molar-refractivity contribution in [3.8, 4) is 11.3 Å². The molecule has 0 aliphatic carbocycles. The van der Waals surface area contributed by atoms with E-state index in [4.69, 9.17) is 0 Å². The van der Waals surface area contributed by atoms with Gasteiger partial charge in [-0.15, -0.1) is 11.3 Å². The van der Waals surface area contributed by atoms with E-state index in [0.29, 0.717) is 11.9 Å². The highest BCUT2D eigenvalue weighted by molar-refractivity contribution is 8.00. The van der Waals surface area contributed by atoms with E-state index in [1.54, 1.807) is 33.7 Å². The summed E-state index contributed by atoms with van der Waals surface area (Å²) in [5.41, 5.74) is 1.84. The lowest BCUT2D eigenvalue weighted by atomic mass is 10.1. The molecule has 0 spiro atoms. The van der Waals surface area contributed by atoms with Gasteiger partial charge in [0.25, 0.3) is 0 Å². The van der Waals surface area contributed by atoms with E-state index in [1.807, 2.05) is 30.7 Å². The van der Waals surface area contributed by atoms with Gasteiger partial charge < -0.3 is 9.67 Å². The zero-order valence-corrected chi connectivity index (χ0v) is 14.2. The zero-order valence-electron chi connectivity index (χ0n) is 12.6. The SMILES string of the molecule is CCn1cc(C(=O)O)c(=O)c2ccc(-c3csc(SC)n3)cc21. The Bertz CT molecular complexity index is 960. The first-order chi connectivity index (χ1) is 11.0. The number of pyridine rings is 1. The number of carboxylic acids is 1. The first kappa shape index (κ1) is 15.8. The molecule has 0 aliphatic heterocycles. The Hall–Kier alpha value is -2.12. The van der Waals surface area contributed by atoms with Crippen LogP contribution in [0.3, 0.4) is 0 Å². The van der Waals surface area contributed by atoms with Crippen molar-refractivity contribution in [2.45, 2.75) is 17.8 Å². The summed E-state index contributed by atoms with van der Waals surface area (Å²) < 4.78 is 2.76. The van der Waals surface area contributed by atoms with Crippen molar-refractivity contribution in [1.29, 1.82) is 0 Å². The molecular formula is C16H14N2O3S2. The summed E-state index contributed by atoms with van der Waals surface area (Å²) in [6.07, 6.45) is 3.39. The van der Waals surface area contributed by atoms with Crippen molar-refractivity contribution in [3.63, 3.8) is 0 Å². The summed E-state index contributed by atoms with van der Waals surface area (Å²) in [6, 6.07) is 5.39. The molecule has 1 N–H and O–H groups in total. The minimum atomic E-state index is -1.20. The number of thiazole rings is 1. The van der Waals surface area contributed by atoms with E-state index in [-0.39, 0.29) is 5.56 Å². The van der Waals surface area contributed by atoms with Crippen molar-refractivity contribution in [3.05, 3.63) is 45.6 Å². The number of aryl methyl sites for hydroxylation is 1. The summed E-state index contributed by atoms with van der Waals surface area (Å²) in [6.45, 7) is 2.49. The van der Waals surface area contributed by atoms with Gasteiger partial charge in [0.15, 0.2) is 0 Å². The third kappa shape index (κ3) is 2.77. The van der Waals surface area contributed by atoms with Crippen LogP contribution in [0.5, 0.6) is 0 Å². The number of hydrogen-bond donors (Lipinski definition) is 1. The van der Waals surface area contributed by atoms with Crippen LogP contribution in [0.2, 0.25) is 0 Å².